The van der Waals surface area contributed by atoms with E-state index in [2.05, 4.69) is 0 Å². The monoisotopic (exact) mass is 312 g/mol. The number of aliphatic hydroxyl groups excluding tert-OH is 1. The molecule has 0 aromatic heterocycles. The molecule has 1 atom stereocenters. The van der Waals surface area contributed by atoms with Gasteiger partial charge in [-0.3, -0.25) is 4.79 Å². The number of benzene rings is 2. The Bertz CT molecular complexity index is 658. The van der Waals surface area contributed by atoms with Crippen molar-refractivity contribution in [1.82, 2.24) is 0 Å². The van der Waals surface area contributed by atoms with Gasteiger partial charge in [-0.05, 0) is 42.8 Å². The molecular weight excluding hydrogens is 292 g/mol. The summed E-state index contributed by atoms with van der Waals surface area (Å²) in [5.74, 6) is 1.30. The fraction of sp³-hybridized carbons (Fsp3) is 0.211. The number of carbonyl (C=O) groups excluding carboxylic acids is 1. The summed E-state index contributed by atoms with van der Waals surface area (Å²) in [7, 11) is 0. The van der Waals surface area contributed by atoms with Crippen LogP contribution in [0.1, 0.15) is 19.4 Å². The van der Waals surface area contributed by atoms with Gasteiger partial charge in [0.1, 0.15) is 18.1 Å². The molecule has 4 heteroatoms. The maximum absolute atomic E-state index is 11.8. The topological polar surface area (TPSA) is 55.8 Å². The van der Waals surface area contributed by atoms with E-state index in [9.17, 15) is 9.90 Å². The number of hydrogen-bond acceptors (Lipinski definition) is 4. The number of ether oxygens (including phenoxy) is 2. The summed E-state index contributed by atoms with van der Waals surface area (Å²) in [6.45, 7) is 3.35. The van der Waals surface area contributed by atoms with E-state index in [-0.39, 0.29) is 18.1 Å². The Labute approximate surface area is 136 Å². The highest BCUT2D eigenvalue weighted by Crippen LogP contribution is 2.21. The zero-order chi connectivity index (χ0) is 16.7. The summed E-state index contributed by atoms with van der Waals surface area (Å²) < 4.78 is 11.1. The van der Waals surface area contributed by atoms with Crippen LogP contribution in [0.25, 0.3) is 6.08 Å². The van der Waals surface area contributed by atoms with Crippen LogP contribution in [0.3, 0.4) is 0 Å². The highest BCUT2D eigenvalue weighted by Gasteiger charge is 2.08. The van der Waals surface area contributed by atoms with Gasteiger partial charge in [-0.15, -0.1) is 0 Å². The lowest BCUT2D eigenvalue weighted by Crippen LogP contribution is -2.12. The van der Waals surface area contributed by atoms with Crippen molar-refractivity contribution in [2.75, 3.05) is 6.61 Å². The molecule has 2 aromatic carbocycles. The fourth-order valence-corrected chi connectivity index (χ4v) is 1.85. The largest absolute Gasteiger partial charge is 0.491 e. The van der Waals surface area contributed by atoms with E-state index in [4.69, 9.17) is 9.47 Å². The fourth-order valence-electron chi connectivity index (χ4n) is 1.85. The summed E-state index contributed by atoms with van der Waals surface area (Å²) >= 11 is 0. The molecule has 0 heterocycles. The van der Waals surface area contributed by atoms with Gasteiger partial charge in [0, 0.05) is 6.92 Å². The second kappa shape index (κ2) is 8.15. The molecule has 1 N–H and O–H groups in total. The van der Waals surface area contributed by atoms with Crippen molar-refractivity contribution in [2.24, 2.45) is 0 Å². The van der Waals surface area contributed by atoms with Crippen LogP contribution >= 0.6 is 0 Å². The average Bonchev–Trinajstić information content (AvgIpc) is 2.54. The van der Waals surface area contributed by atoms with Crippen molar-refractivity contribution in [2.45, 2.75) is 20.0 Å². The third-order valence-corrected chi connectivity index (χ3v) is 2.99. The highest BCUT2D eigenvalue weighted by atomic mass is 16.5. The second-order valence-corrected chi connectivity index (χ2v) is 5.21. The van der Waals surface area contributed by atoms with E-state index in [0.29, 0.717) is 11.5 Å². The van der Waals surface area contributed by atoms with Gasteiger partial charge < -0.3 is 14.6 Å². The van der Waals surface area contributed by atoms with E-state index in [1.807, 2.05) is 30.3 Å². The van der Waals surface area contributed by atoms with E-state index < -0.39 is 6.10 Å². The van der Waals surface area contributed by atoms with Gasteiger partial charge in [0.2, 0.25) is 0 Å². The number of Topliss-reactive ketones (excluding diaryl/α,β-unsaturated/α-hetero) is 1. The first kappa shape index (κ1) is 16.8. The van der Waals surface area contributed by atoms with Crippen molar-refractivity contribution in [3.8, 4) is 11.5 Å². The third-order valence-electron chi connectivity index (χ3n) is 2.99. The van der Waals surface area contributed by atoms with E-state index in [0.717, 1.165) is 5.56 Å². The molecule has 0 saturated heterocycles. The summed E-state index contributed by atoms with van der Waals surface area (Å²) in [6.07, 6.45) is 1.18. The van der Waals surface area contributed by atoms with Gasteiger partial charge in [-0.1, -0.05) is 30.3 Å². The van der Waals surface area contributed by atoms with Gasteiger partial charge >= 0.3 is 0 Å². The van der Waals surface area contributed by atoms with Crippen molar-refractivity contribution in [3.63, 3.8) is 0 Å². The Morgan fingerprint density at radius 1 is 1.09 bits per heavy atom. The van der Waals surface area contributed by atoms with Gasteiger partial charge in [0.25, 0.3) is 0 Å². The molecule has 0 aliphatic heterocycles. The van der Waals surface area contributed by atoms with Crippen LogP contribution in [0.15, 0.2) is 60.4 Å². The number of hydrogen-bond donors (Lipinski definition) is 1. The Hall–Kier alpha value is -2.59. The Morgan fingerprint density at radius 2 is 1.70 bits per heavy atom. The Balaban J connectivity index is 2.09. The minimum atomic E-state index is -0.524. The maximum Gasteiger partial charge on any atom is 0.194 e. The minimum absolute atomic E-state index is 0.150. The van der Waals surface area contributed by atoms with Crippen LogP contribution in [0.5, 0.6) is 11.5 Å². The smallest absolute Gasteiger partial charge is 0.194 e. The SMILES string of the molecule is CC(=O)C(=Cc1ccccc1)Oc1ccc(OCC(C)O)cc1. The molecule has 0 amide bonds. The van der Waals surface area contributed by atoms with E-state index in [1.165, 1.54) is 6.92 Å². The lowest BCUT2D eigenvalue weighted by molar-refractivity contribution is -0.115. The number of allylic oxidation sites excluding steroid dienone is 1. The van der Waals surface area contributed by atoms with E-state index in [1.54, 1.807) is 37.3 Å². The predicted octanol–water partition coefficient (Wildman–Crippen LogP) is 3.46. The first-order valence-electron chi connectivity index (χ1n) is 7.41. The lowest BCUT2D eigenvalue weighted by atomic mass is 10.2. The maximum atomic E-state index is 11.8. The van der Waals surface area contributed by atoms with Crippen molar-refractivity contribution < 1.29 is 19.4 Å². The number of aliphatic hydroxyl groups is 1. The van der Waals surface area contributed by atoms with Crippen LogP contribution in [-0.4, -0.2) is 23.6 Å². The molecule has 2 aromatic rings. The van der Waals surface area contributed by atoms with Crippen LogP contribution in [0.4, 0.5) is 0 Å². The van der Waals surface area contributed by atoms with Crippen LogP contribution in [-0.2, 0) is 4.79 Å². The molecule has 0 radical (unpaired) electrons. The summed E-state index contributed by atoms with van der Waals surface area (Å²) in [6, 6.07) is 16.4. The van der Waals surface area contributed by atoms with Gasteiger partial charge in [-0.25, -0.2) is 0 Å². The third kappa shape index (κ3) is 5.60. The van der Waals surface area contributed by atoms with Gasteiger partial charge in [0.05, 0.1) is 6.10 Å². The minimum Gasteiger partial charge on any atom is -0.491 e. The first-order chi connectivity index (χ1) is 11.0. The highest BCUT2D eigenvalue weighted by molar-refractivity contribution is 5.96. The molecule has 23 heavy (non-hydrogen) atoms. The molecule has 4 nitrogen and oxygen atoms in total. The zero-order valence-electron chi connectivity index (χ0n) is 13.2. The molecule has 120 valence electrons. The number of ketones is 1. The van der Waals surface area contributed by atoms with Gasteiger partial charge in [0.15, 0.2) is 11.5 Å². The van der Waals surface area contributed by atoms with E-state index >= 15 is 0 Å². The molecule has 0 aliphatic rings. The average molecular weight is 312 g/mol. The molecule has 2 rings (SSSR count). The molecule has 0 aliphatic carbocycles. The summed E-state index contributed by atoms with van der Waals surface area (Å²) in [5.41, 5.74) is 0.898. The standard InChI is InChI=1S/C19H20O4/c1-14(20)13-22-17-8-10-18(11-9-17)23-19(15(2)21)12-16-6-4-3-5-7-16/h3-12,14,20H,13H2,1-2H3. The summed E-state index contributed by atoms with van der Waals surface area (Å²) in [4.78, 5) is 11.8. The van der Waals surface area contributed by atoms with Crippen molar-refractivity contribution >= 4 is 11.9 Å². The number of carbonyl (C=O) groups is 1. The molecule has 0 fully saturated rings. The quantitative estimate of drug-likeness (QED) is 0.628. The van der Waals surface area contributed by atoms with Crippen molar-refractivity contribution in [1.29, 1.82) is 0 Å². The van der Waals surface area contributed by atoms with Crippen molar-refractivity contribution in [3.05, 3.63) is 65.9 Å². The van der Waals surface area contributed by atoms with Crippen LogP contribution in [0.2, 0.25) is 0 Å². The Kier molecular flexibility index (Phi) is 5.94. The molecule has 0 spiro atoms. The lowest BCUT2D eigenvalue weighted by Gasteiger charge is -2.10. The number of rotatable bonds is 7. The predicted molar refractivity (Wildman–Crippen MR) is 89.3 cm³/mol. The molecular formula is C19H20O4. The molecule has 0 bridgehead atoms. The normalized spacial score (nSPS) is 12.6. The van der Waals surface area contributed by atoms with Gasteiger partial charge in [-0.2, -0.15) is 0 Å². The van der Waals surface area contributed by atoms with Crippen LogP contribution in [0, 0.1) is 0 Å². The first-order valence-corrected chi connectivity index (χ1v) is 7.41. The Morgan fingerprint density at radius 3 is 2.26 bits per heavy atom. The molecule has 0 saturated carbocycles. The summed E-state index contributed by atoms with van der Waals surface area (Å²) in [5, 5.41) is 9.19. The molecule has 1 unspecified atom stereocenters. The zero-order valence-corrected chi connectivity index (χ0v) is 13.2. The second-order valence-electron chi connectivity index (χ2n) is 5.21. The van der Waals surface area contributed by atoms with Crippen LogP contribution < -0.4 is 9.47 Å².